The van der Waals surface area contributed by atoms with Crippen LogP contribution in [0.15, 0.2) is 35.8 Å². The molecule has 2 aromatic heterocycles. The van der Waals surface area contributed by atoms with Crippen molar-refractivity contribution in [2.45, 2.75) is 57.3 Å². The van der Waals surface area contributed by atoms with Gasteiger partial charge in [0.1, 0.15) is 6.17 Å². The Kier molecular flexibility index (Phi) is 7.27. The number of alkyl halides is 6. The molecule has 6 nitrogen and oxygen atoms in total. The van der Waals surface area contributed by atoms with Crippen LogP contribution >= 0.6 is 11.3 Å². The smallest absolute Gasteiger partial charge is 0.376 e. The predicted molar refractivity (Wildman–Crippen MR) is 131 cm³/mol. The maximum Gasteiger partial charge on any atom is 0.435 e. The lowest BCUT2D eigenvalue weighted by Crippen LogP contribution is -2.31. The summed E-state index contributed by atoms with van der Waals surface area (Å²) in [4.78, 5) is 6.89. The Labute approximate surface area is 219 Å². The number of aromatic nitrogens is 3. The van der Waals surface area contributed by atoms with Crippen LogP contribution in [-0.2, 0) is 25.4 Å². The Bertz CT molecular complexity index is 1300. The van der Waals surface area contributed by atoms with E-state index in [4.69, 9.17) is 4.98 Å². The SMILES string of the molecule is Cc1cc(C(F)(F)F)nn1C=CN1CCC(c2nc(C3NCc4ccc(C(F)(F)F)cc4CN3)cs2)CC1. The number of rotatable bonds is 4. The van der Waals surface area contributed by atoms with E-state index < -0.39 is 23.6 Å². The first-order valence-corrected chi connectivity index (χ1v) is 13.0. The third-order valence-corrected chi connectivity index (χ3v) is 7.90. The number of halogens is 6. The minimum Gasteiger partial charge on any atom is -0.376 e. The summed E-state index contributed by atoms with van der Waals surface area (Å²) >= 11 is 1.57. The van der Waals surface area contributed by atoms with Gasteiger partial charge in [-0.05, 0) is 49.1 Å². The maximum absolute atomic E-state index is 13.1. The summed E-state index contributed by atoms with van der Waals surface area (Å²) in [5, 5.41) is 13.2. The second kappa shape index (κ2) is 10.3. The molecule has 4 heterocycles. The van der Waals surface area contributed by atoms with Crippen molar-refractivity contribution in [1.29, 1.82) is 0 Å². The number of nitrogens with zero attached hydrogens (tertiary/aromatic N) is 4. The zero-order chi connectivity index (χ0) is 27.1. The van der Waals surface area contributed by atoms with E-state index in [1.54, 1.807) is 30.7 Å². The van der Waals surface area contributed by atoms with Gasteiger partial charge in [-0.15, -0.1) is 11.3 Å². The Hall–Kier alpha value is -2.90. The van der Waals surface area contributed by atoms with Gasteiger partial charge in [-0.1, -0.05) is 6.07 Å². The fourth-order valence-electron chi connectivity index (χ4n) is 4.70. The number of benzene rings is 1. The van der Waals surface area contributed by atoms with Crippen LogP contribution in [0.2, 0.25) is 0 Å². The van der Waals surface area contributed by atoms with Crippen LogP contribution < -0.4 is 10.6 Å². The number of thiazole rings is 1. The molecule has 0 amide bonds. The van der Waals surface area contributed by atoms with Crippen LogP contribution in [0, 0.1) is 6.92 Å². The Balaban J connectivity index is 1.17. The van der Waals surface area contributed by atoms with Crippen molar-refractivity contribution in [3.63, 3.8) is 0 Å². The summed E-state index contributed by atoms with van der Waals surface area (Å²) < 4.78 is 79.1. The van der Waals surface area contributed by atoms with E-state index >= 15 is 0 Å². The van der Waals surface area contributed by atoms with E-state index in [1.807, 2.05) is 5.38 Å². The summed E-state index contributed by atoms with van der Waals surface area (Å²) in [5.74, 6) is 0.263. The quantitative estimate of drug-likeness (QED) is 0.393. The zero-order valence-corrected chi connectivity index (χ0v) is 21.2. The van der Waals surface area contributed by atoms with E-state index in [2.05, 4.69) is 20.6 Å². The first-order chi connectivity index (χ1) is 18.0. The van der Waals surface area contributed by atoms with Crippen molar-refractivity contribution in [3.8, 4) is 0 Å². The molecule has 1 atom stereocenters. The molecule has 38 heavy (non-hydrogen) atoms. The van der Waals surface area contributed by atoms with E-state index in [9.17, 15) is 26.3 Å². The van der Waals surface area contributed by atoms with Crippen LogP contribution in [0.3, 0.4) is 0 Å². The van der Waals surface area contributed by atoms with Gasteiger partial charge >= 0.3 is 12.4 Å². The van der Waals surface area contributed by atoms with E-state index in [0.29, 0.717) is 24.3 Å². The minimum absolute atomic E-state index is 0.263. The molecule has 5 rings (SSSR count). The molecular weight excluding hydrogens is 530 g/mol. The van der Waals surface area contributed by atoms with E-state index in [-0.39, 0.29) is 12.1 Å². The van der Waals surface area contributed by atoms with Crippen LogP contribution in [-0.4, -0.2) is 32.8 Å². The summed E-state index contributed by atoms with van der Waals surface area (Å²) in [5.41, 5.74) is 1.09. The molecule has 3 aromatic rings. The molecule has 0 radical (unpaired) electrons. The fraction of sp³-hybridized carbons (Fsp3) is 0.440. The first kappa shape index (κ1) is 26.7. The molecule has 0 aliphatic carbocycles. The molecule has 2 aliphatic heterocycles. The van der Waals surface area contributed by atoms with Gasteiger partial charge < -0.3 is 4.90 Å². The number of nitrogens with one attached hydrogen (secondary N) is 2. The molecule has 1 aromatic carbocycles. The highest BCUT2D eigenvalue weighted by atomic mass is 32.1. The second-order valence-electron chi connectivity index (χ2n) is 9.51. The second-order valence-corrected chi connectivity index (χ2v) is 10.4. The number of hydrogen-bond donors (Lipinski definition) is 2. The molecule has 2 aliphatic rings. The van der Waals surface area contributed by atoms with Crippen molar-refractivity contribution in [2.75, 3.05) is 13.1 Å². The summed E-state index contributed by atoms with van der Waals surface area (Å²) in [7, 11) is 0. The zero-order valence-electron chi connectivity index (χ0n) is 20.4. The van der Waals surface area contributed by atoms with E-state index in [0.717, 1.165) is 54.3 Å². The van der Waals surface area contributed by atoms with Crippen LogP contribution in [0.25, 0.3) is 6.20 Å². The molecule has 13 heteroatoms. The van der Waals surface area contributed by atoms with Gasteiger partial charge in [0.2, 0.25) is 0 Å². The van der Waals surface area contributed by atoms with Gasteiger partial charge in [0, 0.05) is 55.6 Å². The van der Waals surface area contributed by atoms with Gasteiger partial charge in [0.15, 0.2) is 5.69 Å². The first-order valence-electron chi connectivity index (χ1n) is 12.1. The maximum atomic E-state index is 13.1. The molecule has 1 saturated heterocycles. The van der Waals surface area contributed by atoms with Crippen molar-refractivity contribution < 1.29 is 26.3 Å². The van der Waals surface area contributed by atoms with Crippen LogP contribution in [0.1, 0.15) is 63.7 Å². The standard InChI is InChI=1S/C25H26F6N6S/c1-15-10-21(25(29,30)31)35-37(15)9-8-36-6-4-16(5-7-36)23-34-20(14-38-23)22-32-12-17-2-3-19(24(26,27)28)11-18(17)13-33-22/h2-3,8-11,14,16,22,32-33H,4-7,12-13H2,1H3. The van der Waals surface area contributed by atoms with Gasteiger partial charge in [-0.3, -0.25) is 10.6 Å². The molecular formula is C25H26F6N6S. The molecule has 204 valence electrons. The van der Waals surface area contributed by atoms with Crippen molar-refractivity contribution >= 4 is 17.5 Å². The molecule has 2 N–H and O–H groups in total. The molecule has 0 spiro atoms. The molecule has 0 saturated carbocycles. The summed E-state index contributed by atoms with van der Waals surface area (Å²) in [6.07, 6.45) is -4.12. The highest BCUT2D eigenvalue weighted by molar-refractivity contribution is 7.09. The Morgan fingerprint density at radius 1 is 0.947 bits per heavy atom. The highest BCUT2D eigenvalue weighted by Gasteiger charge is 2.34. The predicted octanol–water partition coefficient (Wildman–Crippen LogP) is 5.89. The molecule has 1 unspecified atom stereocenters. The number of piperidine rings is 1. The number of fused-ring (bicyclic) bond motifs is 1. The van der Waals surface area contributed by atoms with Gasteiger partial charge in [0.05, 0.1) is 16.3 Å². The lowest BCUT2D eigenvalue weighted by atomic mass is 9.98. The monoisotopic (exact) mass is 556 g/mol. The number of hydrogen-bond acceptors (Lipinski definition) is 6. The third kappa shape index (κ3) is 5.89. The number of likely N-dealkylation sites (tertiary alicyclic amines) is 1. The Morgan fingerprint density at radius 3 is 2.32 bits per heavy atom. The largest absolute Gasteiger partial charge is 0.435 e. The summed E-state index contributed by atoms with van der Waals surface area (Å²) in [6, 6.07) is 4.85. The van der Waals surface area contributed by atoms with Crippen LogP contribution in [0.5, 0.6) is 0 Å². The molecule has 1 fully saturated rings. The van der Waals surface area contributed by atoms with E-state index in [1.165, 1.54) is 16.8 Å². The highest BCUT2D eigenvalue weighted by Crippen LogP contribution is 2.34. The van der Waals surface area contributed by atoms with Crippen molar-refractivity contribution in [3.05, 3.63) is 74.6 Å². The number of aryl methyl sites for hydroxylation is 1. The minimum atomic E-state index is -4.48. The van der Waals surface area contributed by atoms with Crippen molar-refractivity contribution in [1.82, 2.24) is 30.3 Å². The topological polar surface area (TPSA) is 58.0 Å². The van der Waals surface area contributed by atoms with Crippen LogP contribution in [0.4, 0.5) is 26.3 Å². The van der Waals surface area contributed by atoms with Gasteiger partial charge in [-0.2, -0.15) is 31.4 Å². The van der Waals surface area contributed by atoms with Gasteiger partial charge in [-0.25, -0.2) is 9.67 Å². The average molecular weight is 557 g/mol. The lowest BCUT2D eigenvalue weighted by Gasteiger charge is -2.30. The summed E-state index contributed by atoms with van der Waals surface area (Å²) in [6.45, 7) is 3.78. The lowest BCUT2D eigenvalue weighted by molar-refractivity contribution is -0.141. The Morgan fingerprint density at radius 2 is 1.66 bits per heavy atom. The third-order valence-electron chi connectivity index (χ3n) is 6.87. The fourth-order valence-corrected chi connectivity index (χ4v) is 5.71. The average Bonchev–Trinajstić information content (AvgIpc) is 3.44. The molecule has 0 bridgehead atoms. The van der Waals surface area contributed by atoms with Gasteiger partial charge in [0.25, 0.3) is 0 Å². The normalized spacial score (nSPS) is 19.7. The van der Waals surface area contributed by atoms with Crippen molar-refractivity contribution in [2.24, 2.45) is 0 Å².